The number of aliphatic hydroxyl groups is 2. The fourth-order valence-electron chi connectivity index (χ4n) is 2.08. The van der Waals surface area contributed by atoms with Crippen LogP contribution in [0.2, 0.25) is 0 Å². The van der Waals surface area contributed by atoms with Crippen molar-refractivity contribution in [3.05, 3.63) is 59.7 Å². The first kappa shape index (κ1) is 12.8. The number of aliphatic hydroxyl groups excluding tert-OH is 2. The van der Waals surface area contributed by atoms with E-state index in [1.54, 1.807) is 0 Å². The Balaban J connectivity index is 0.000000209. The molecule has 0 saturated carbocycles. The predicted octanol–water partition coefficient (Wildman–Crippen LogP) is 2.62. The van der Waals surface area contributed by atoms with Gasteiger partial charge in [-0.25, -0.2) is 0 Å². The largest absolute Gasteiger partial charge is 0.394 e. The molecule has 0 aromatic heterocycles. The summed E-state index contributed by atoms with van der Waals surface area (Å²) in [6.45, 7) is 1.39. The molecular formula is C16H18O2. The molecule has 2 heteroatoms. The van der Waals surface area contributed by atoms with E-state index in [-0.39, 0.29) is 6.61 Å². The number of hydrogen-bond donors (Lipinski definition) is 2. The molecule has 1 atom stereocenters. The molecule has 0 radical (unpaired) electrons. The lowest BCUT2D eigenvalue weighted by Crippen LogP contribution is -2.03. The fourth-order valence-corrected chi connectivity index (χ4v) is 2.08. The highest BCUT2D eigenvalue weighted by atomic mass is 16.3. The van der Waals surface area contributed by atoms with Crippen molar-refractivity contribution in [1.29, 1.82) is 0 Å². The number of hydrogen-bond acceptors (Lipinski definition) is 2. The third kappa shape index (κ3) is 2.78. The molecule has 2 nitrogen and oxygen atoms in total. The van der Waals surface area contributed by atoms with Crippen LogP contribution in [-0.2, 0) is 6.42 Å². The standard InChI is InChI=1S/C13H10.C3H8O2/c1-3-7-12-10(5-1)9-11-6-2-4-8-13(11)12;1-3(5)2-4/h1-8H,9H2;3-5H,2H2,1H3. The van der Waals surface area contributed by atoms with E-state index in [2.05, 4.69) is 48.5 Å². The third-order valence-electron chi connectivity index (χ3n) is 2.97. The molecule has 0 fully saturated rings. The van der Waals surface area contributed by atoms with E-state index < -0.39 is 6.10 Å². The van der Waals surface area contributed by atoms with Gasteiger partial charge < -0.3 is 10.2 Å². The molecule has 0 amide bonds. The molecule has 0 bridgehead atoms. The van der Waals surface area contributed by atoms with Gasteiger partial charge >= 0.3 is 0 Å². The first-order chi connectivity index (χ1) is 8.72. The van der Waals surface area contributed by atoms with E-state index >= 15 is 0 Å². The summed E-state index contributed by atoms with van der Waals surface area (Å²) >= 11 is 0. The highest BCUT2D eigenvalue weighted by molar-refractivity contribution is 5.76. The minimum Gasteiger partial charge on any atom is -0.394 e. The predicted molar refractivity (Wildman–Crippen MR) is 73.5 cm³/mol. The van der Waals surface area contributed by atoms with Crippen molar-refractivity contribution in [1.82, 2.24) is 0 Å². The van der Waals surface area contributed by atoms with Gasteiger partial charge in [-0.3, -0.25) is 0 Å². The van der Waals surface area contributed by atoms with Crippen LogP contribution >= 0.6 is 0 Å². The van der Waals surface area contributed by atoms with Crippen LogP contribution in [-0.4, -0.2) is 22.9 Å². The van der Waals surface area contributed by atoms with Gasteiger partial charge in [0, 0.05) is 0 Å². The van der Waals surface area contributed by atoms with Crippen LogP contribution in [0.1, 0.15) is 18.1 Å². The van der Waals surface area contributed by atoms with Crippen LogP contribution in [0.4, 0.5) is 0 Å². The lowest BCUT2D eigenvalue weighted by molar-refractivity contribution is 0.110. The van der Waals surface area contributed by atoms with Gasteiger partial charge in [0.2, 0.25) is 0 Å². The Kier molecular flexibility index (Phi) is 4.13. The van der Waals surface area contributed by atoms with Crippen LogP contribution in [0.3, 0.4) is 0 Å². The Morgan fingerprint density at radius 3 is 1.72 bits per heavy atom. The first-order valence-corrected chi connectivity index (χ1v) is 6.17. The van der Waals surface area contributed by atoms with Crippen LogP contribution in [0.25, 0.3) is 11.1 Å². The highest BCUT2D eigenvalue weighted by Gasteiger charge is 2.15. The van der Waals surface area contributed by atoms with Crippen LogP contribution in [0.5, 0.6) is 0 Å². The maximum absolute atomic E-state index is 8.11. The lowest BCUT2D eigenvalue weighted by atomic mass is 10.1. The molecule has 3 rings (SSSR count). The van der Waals surface area contributed by atoms with Crippen molar-refractivity contribution in [2.75, 3.05) is 6.61 Å². The Hall–Kier alpha value is -1.64. The summed E-state index contributed by atoms with van der Waals surface area (Å²) in [5.74, 6) is 0. The van der Waals surface area contributed by atoms with E-state index in [4.69, 9.17) is 10.2 Å². The molecule has 1 aliphatic carbocycles. The molecule has 2 N–H and O–H groups in total. The second kappa shape index (κ2) is 5.80. The van der Waals surface area contributed by atoms with Crippen LogP contribution in [0.15, 0.2) is 48.5 Å². The van der Waals surface area contributed by atoms with Crippen molar-refractivity contribution in [3.8, 4) is 11.1 Å². The average Bonchev–Trinajstić information content (AvgIpc) is 2.78. The highest BCUT2D eigenvalue weighted by Crippen LogP contribution is 2.35. The summed E-state index contributed by atoms with van der Waals surface area (Å²) in [5.41, 5.74) is 5.75. The molecular weight excluding hydrogens is 224 g/mol. The quantitative estimate of drug-likeness (QED) is 0.688. The fraction of sp³-hybridized carbons (Fsp3) is 0.250. The van der Waals surface area contributed by atoms with E-state index in [0.717, 1.165) is 6.42 Å². The van der Waals surface area contributed by atoms with Gasteiger partial charge in [-0.1, -0.05) is 48.5 Å². The molecule has 94 valence electrons. The molecule has 1 unspecified atom stereocenters. The summed E-state index contributed by atoms with van der Waals surface area (Å²) < 4.78 is 0. The van der Waals surface area contributed by atoms with Crippen molar-refractivity contribution in [3.63, 3.8) is 0 Å². The molecule has 18 heavy (non-hydrogen) atoms. The van der Waals surface area contributed by atoms with Gasteiger partial charge in [-0.05, 0) is 35.6 Å². The van der Waals surface area contributed by atoms with Gasteiger partial charge in [0.15, 0.2) is 0 Å². The van der Waals surface area contributed by atoms with E-state index in [0.29, 0.717) is 0 Å². The van der Waals surface area contributed by atoms with Gasteiger partial charge in [0.1, 0.15) is 0 Å². The van der Waals surface area contributed by atoms with Gasteiger partial charge in [-0.2, -0.15) is 0 Å². The molecule has 0 aliphatic heterocycles. The number of benzene rings is 2. The van der Waals surface area contributed by atoms with E-state index in [9.17, 15) is 0 Å². The average molecular weight is 242 g/mol. The Morgan fingerprint density at radius 1 is 0.944 bits per heavy atom. The second-order valence-electron chi connectivity index (χ2n) is 4.52. The molecule has 0 saturated heterocycles. The molecule has 1 aliphatic rings. The smallest absolute Gasteiger partial charge is 0.0742 e. The molecule has 0 spiro atoms. The number of fused-ring (bicyclic) bond motifs is 3. The minimum atomic E-state index is -0.560. The second-order valence-corrected chi connectivity index (χ2v) is 4.52. The van der Waals surface area contributed by atoms with Crippen molar-refractivity contribution in [2.45, 2.75) is 19.4 Å². The van der Waals surface area contributed by atoms with Gasteiger partial charge in [-0.15, -0.1) is 0 Å². The minimum absolute atomic E-state index is 0.139. The summed E-state index contributed by atoms with van der Waals surface area (Å²) in [6, 6.07) is 17.3. The summed E-state index contributed by atoms with van der Waals surface area (Å²) in [5, 5.41) is 16.0. The van der Waals surface area contributed by atoms with Gasteiger partial charge in [0.25, 0.3) is 0 Å². The normalized spacial score (nSPS) is 13.1. The van der Waals surface area contributed by atoms with Crippen LogP contribution in [0, 0.1) is 0 Å². The van der Waals surface area contributed by atoms with E-state index in [1.165, 1.54) is 29.2 Å². The first-order valence-electron chi connectivity index (χ1n) is 6.17. The van der Waals surface area contributed by atoms with Crippen molar-refractivity contribution < 1.29 is 10.2 Å². The van der Waals surface area contributed by atoms with Crippen molar-refractivity contribution >= 4 is 0 Å². The Labute approximate surface area is 108 Å². The van der Waals surface area contributed by atoms with E-state index in [1.807, 2.05) is 0 Å². The summed E-state index contributed by atoms with van der Waals surface area (Å²) in [6.07, 6.45) is 0.543. The van der Waals surface area contributed by atoms with Gasteiger partial charge in [0.05, 0.1) is 12.7 Å². The topological polar surface area (TPSA) is 40.5 Å². The monoisotopic (exact) mass is 242 g/mol. The molecule has 2 aromatic carbocycles. The SMILES string of the molecule is CC(O)CO.c1ccc2c(c1)Cc1ccccc1-2. The zero-order chi connectivity index (χ0) is 13.0. The maximum Gasteiger partial charge on any atom is 0.0742 e. The summed E-state index contributed by atoms with van der Waals surface area (Å²) in [7, 11) is 0. The van der Waals surface area contributed by atoms with Crippen LogP contribution < -0.4 is 0 Å². The Bertz CT molecular complexity index is 475. The molecule has 0 heterocycles. The molecule has 2 aromatic rings. The third-order valence-corrected chi connectivity index (χ3v) is 2.97. The maximum atomic E-state index is 8.11. The Morgan fingerprint density at radius 2 is 1.33 bits per heavy atom. The zero-order valence-electron chi connectivity index (χ0n) is 10.5. The lowest BCUT2D eigenvalue weighted by Gasteiger charge is -1.98. The number of rotatable bonds is 1. The zero-order valence-corrected chi connectivity index (χ0v) is 10.5. The van der Waals surface area contributed by atoms with Crippen molar-refractivity contribution in [2.24, 2.45) is 0 Å². The summed E-state index contributed by atoms with van der Waals surface area (Å²) in [4.78, 5) is 0.